The van der Waals surface area contributed by atoms with Gasteiger partial charge in [-0.15, -0.1) is 0 Å². The van der Waals surface area contributed by atoms with E-state index in [0.29, 0.717) is 5.56 Å². The number of hydrogen-bond acceptors (Lipinski definition) is 3. The maximum Gasteiger partial charge on any atom is 0.254 e. The third-order valence-corrected chi connectivity index (χ3v) is 3.29. The minimum absolute atomic E-state index is 0.144. The number of likely N-dealkylation sites (tertiary alicyclic amines) is 1. The molecule has 0 bridgehead atoms. The van der Waals surface area contributed by atoms with Gasteiger partial charge in [0.25, 0.3) is 5.91 Å². The van der Waals surface area contributed by atoms with E-state index < -0.39 is 12.2 Å². The van der Waals surface area contributed by atoms with Gasteiger partial charge in [0.15, 0.2) is 0 Å². The topological polar surface area (TPSA) is 60.8 Å². The molecular formula is C11H12INO3. The molecule has 0 spiro atoms. The minimum Gasteiger partial charge on any atom is -0.388 e. The fraction of sp³-hybridized carbons (Fsp3) is 0.364. The highest BCUT2D eigenvalue weighted by Gasteiger charge is 2.32. The van der Waals surface area contributed by atoms with E-state index in [-0.39, 0.29) is 19.0 Å². The molecule has 1 fully saturated rings. The van der Waals surface area contributed by atoms with Crippen molar-refractivity contribution in [1.82, 2.24) is 4.90 Å². The summed E-state index contributed by atoms with van der Waals surface area (Å²) in [5, 5.41) is 18.7. The lowest BCUT2D eigenvalue weighted by Gasteiger charge is -2.15. The molecule has 0 saturated carbocycles. The van der Waals surface area contributed by atoms with E-state index in [1.807, 2.05) is 12.1 Å². The molecule has 2 atom stereocenters. The zero-order chi connectivity index (χ0) is 11.7. The van der Waals surface area contributed by atoms with Crippen LogP contribution >= 0.6 is 22.6 Å². The van der Waals surface area contributed by atoms with E-state index in [9.17, 15) is 15.0 Å². The first kappa shape index (κ1) is 11.8. The second kappa shape index (κ2) is 4.68. The molecule has 86 valence electrons. The van der Waals surface area contributed by atoms with Crippen LogP contribution in [-0.4, -0.2) is 46.3 Å². The average Bonchev–Trinajstić information content (AvgIpc) is 2.58. The number of benzene rings is 1. The lowest BCUT2D eigenvalue weighted by molar-refractivity contribution is 0.0572. The van der Waals surface area contributed by atoms with Crippen LogP contribution in [0.4, 0.5) is 0 Å². The normalized spacial score (nSPS) is 24.8. The first-order valence-electron chi connectivity index (χ1n) is 4.99. The van der Waals surface area contributed by atoms with Crippen molar-refractivity contribution >= 4 is 28.5 Å². The second-order valence-electron chi connectivity index (χ2n) is 3.86. The zero-order valence-electron chi connectivity index (χ0n) is 8.51. The summed E-state index contributed by atoms with van der Waals surface area (Å²) in [5.74, 6) is -0.144. The molecule has 1 aromatic rings. The molecule has 1 aliphatic rings. The number of β-amino-alcohol motifs (C(OH)–C–C–N with tert-alkyl or cyclic N) is 2. The van der Waals surface area contributed by atoms with Gasteiger partial charge in [-0.2, -0.15) is 0 Å². The number of carbonyl (C=O) groups excluding carboxylic acids is 1. The fourth-order valence-corrected chi connectivity index (χ4v) is 2.28. The summed E-state index contributed by atoms with van der Waals surface area (Å²) in [6, 6.07) is 7.25. The van der Waals surface area contributed by atoms with Crippen molar-refractivity contribution in [2.24, 2.45) is 0 Å². The van der Waals surface area contributed by atoms with Crippen LogP contribution < -0.4 is 0 Å². The smallest absolute Gasteiger partial charge is 0.254 e. The lowest BCUT2D eigenvalue weighted by Crippen LogP contribution is -2.29. The van der Waals surface area contributed by atoms with Crippen molar-refractivity contribution in [3.05, 3.63) is 33.4 Å². The van der Waals surface area contributed by atoms with Gasteiger partial charge in [-0.1, -0.05) is 6.07 Å². The van der Waals surface area contributed by atoms with E-state index >= 15 is 0 Å². The van der Waals surface area contributed by atoms with Crippen LogP contribution in [0.1, 0.15) is 10.4 Å². The van der Waals surface area contributed by atoms with Crippen molar-refractivity contribution in [1.29, 1.82) is 0 Å². The Morgan fingerprint density at radius 1 is 1.31 bits per heavy atom. The molecule has 5 heteroatoms. The first-order valence-corrected chi connectivity index (χ1v) is 6.07. The van der Waals surface area contributed by atoms with E-state index in [1.54, 1.807) is 12.1 Å². The SMILES string of the molecule is O=C(c1cccc(I)c1)N1CC(O)C(O)C1. The van der Waals surface area contributed by atoms with Crippen LogP contribution in [0.3, 0.4) is 0 Å². The summed E-state index contributed by atoms with van der Waals surface area (Å²) in [7, 11) is 0. The second-order valence-corrected chi connectivity index (χ2v) is 5.10. The van der Waals surface area contributed by atoms with Crippen LogP contribution in [-0.2, 0) is 0 Å². The Balaban J connectivity index is 2.14. The van der Waals surface area contributed by atoms with Crippen molar-refractivity contribution in [2.75, 3.05) is 13.1 Å². The molecule has 16 heavy (non-hydrogen) atoms. The molecule has 1 saturated heterocycles. The highest BCUT2D eigenvalue weighted by Crippen LogP contribution is 2.15. The highest BCUT2D eigenvalue weighted by molar-refractivity contribution is 14.1. The Morgan fingerprint density at radius 2 is 1.94 bits per heavy atom. The van der Waals surface area contributed by atoms with Gasteiger partial charge < -0.3 is 15.1 Å². The minimum atomic E-state index is -0.827. The molecule has 2 unspecified atom stereocenters. The molecule has 0 aliphatic carbocycles. The van der Waals surface area contributed by atoms with Crippen molar-refractivity contribution in [2.45, 2.75) is 12.2 Å². The van der Waals surface area contributed by atoms with Gasteiger partial charge in [-0.25, -0.2) is 0 Å². The quantitative estimate of drug-likeness (QED) is 0.735. The summed E-state index contributed by atoms with van der Waals surface area (Å²) in [5.41, 5.74) is 0.591. The Morgan fingerprint density at radius 3 is 2.50 bits per heavy atom. The van der Waals surface area contributed by atoms with Gasteiger partial charge in [0.1, 0.15) is 0 Å². The maximum atomic E-state index is 12.0. The van der Waals surface area contributed by atoms with E-state index in [1.165, 1.54) is 4.90 Å². The van der Waals surface area contributed by atoms with Gasteiger partial charge in [-0.3, -0.25) is 4.79 Å². The Kier molecular flexibility index (Phi) is 3.46. The Bertz CT molecular complexity index is 400. The van der Waals surface area contributed by atoms with Gasteiger partial charge in [0.2, 0.25) is 0 Å². The van der Waals surface area contributed by atoms with Crippen molar-refractivity contribution < 1.29 is 15.0 Å². The van der Waals surface area contributed by atoms with Crippen molar-refractivity contribution in [3.8, 4) is 0 Å². The summed E-state index contributed by atoms with van der Waals surface area (Å²) in [4.78, 5) is 13.5. The number of amides is 1. The lowest BCUT2D eigenvalue weighted by atomic mass is 10.2. The van der Waals surface area contributed by atoms with Crippen molar-refractivity contribution in [3.63, 3.8) is 0 Å². The van der Waals surface area contributed by atoms with Crippen LogP contribution in [0.15, 0.2) is 24.3 Å². The number of hydrogen-bond donors (Lipinski definition) is 2. The van der Waals surface area contributed by atoms with Gasteiger partial charge in [0, 0.05) is 22.2 Å². The number of carbonyl (C=O) groups is 1. The molecule has 2 rings (SSSR count). The first-order chi connectivity index (χ1) is 7.58. The maximum absolute atomic E-state index is 12.0. The van der Waals surface area contributed by atoms with Crippen LogP contribution in [0.5, 0.6) is 0 Å². The largest absolute Gasteiger partial charge is 0.388 e. The van der Waals surface area contributed by atoms with Gasteiger partial charge in [-0.05, 0) is 40.8 Å². The van der Waals surface area contributed by atoms with Crippen LogP contribution in [0, 0.1) is 3.57 Å². The van der Waals surface area contributed by atoms with Crippen LogP contribution in [0.25, 0.3) is 0 Å². The van der Waals surface area contributed by atoms with Crippen LogP contribution in [0.2, 0.25) is 0 Å². The van der Waals surface area contributed by atoms with Gasteiger partial charge >= 0.3 is 0 Å². The summed E-state index contributed by atoms with van der Waals surface area (Å²) in [6.07, 6.45) is -1.65. The highest BCUT2D eigenvalue weighted by atomic mass is 127. The molecule has 1 aliphatic heterocycles. The summed E-state index contributed by atoms with van der Waals surface area (Å²) < 4.78 is 0.990. The van der Waals surface area contributed by atoms with E-state index in [2.05, 4.69) is 22.6 Å². The third kappa shape index (κ3) is 2.36. The third-order valence-electron chi connectivity index (χ3n) is 2.62. The number of nitrogens with zero attached hydrogens (tertiary/aromatic N) is 1. The fourth-order valence-electron chi connectivity index (χ4n) is 1.74. The molecule has 1 amide bonds. The monoisotopic (exact) mass is 333 g/mol. The number of aliphatic hydroxyl groups is 2. The molecular weight excluding hydrogens is 321 g/mol. The number of aliphatic hydroxyl groups excluding tert-OH is 2. The summed E-state index contributed by atoms with van der Waals surface area (Å²) in [6.45, 7) is 0.400. The Hall–Kier alpha value is -0.660. The summed E-state index contributed by atoms with van der Waals surface area (Å²) >= 11 is 2.14. The van der Waals surface area contributed by atoms with E-state index in [4.69, 9.17) is 0 Å². The molecule has 0 radical (unpaired) electrons. The predicted molar refractivity (Wildman–Crippen MR) is 67.1 cm³/mol. The zero-order valence-corrected chi connectivity index (χ0v) is 10.7. The molecule has 4 nitrogen and oxygen atoms in total. The predicted octanol–water partition coefficient (Wildman–Crippen LogP) is 0.469. The molecule has 2 N–H and O–H groups in total. The molecule has 0 aromatic heterocycles. The van der Waals surface area contributed by atoms with E-state index in [0.717, 1.165) is 3.57 Å². The van der Waals surface area contributed by atoms with Gasteiger partial charge in [0.05, 0.1) is 12.2 Å². The Labute approximate surface area is 107 Å². The average molecular weight is 333 g/mol. The number of rotatable bonds is 1. The molecule has 1 aromatic carbocycles. The number of halogens is 1. The molecule has 1 heterocycles. The standard InChI is InChI=1S/C11H12INO3/c12-8-3-1-2-7(4-8)11(16)13-5-9(14)10(15)6-13/h1-4,9-10,14-15H,5-6H2.